The van der Waals surface area contributed by atoms with Gasteiger partial charge in [-0.25, -0.2) is 13.6 Å². The lowest BCUT2D eigenvalue weighted by molar-refractivity contribution is 0.0959. The molecular formula is C14H16F2N2O2. The third-order valence-corrected chi connectivity index (χ3v) is 3.82. The van der Waals surface area contributed by atoms with Gasteiger partial charge in [0.15, 0.2) is 11.6 Å². The molecule has 2 atom stereocenters. The van der Waals surface area contributed by atoms with Crippen molar-refractivity contribution in [1.29, 1.82) is 0 Å². The van der Waals surface area contributed by atoms with Crippen LogP contribution in [0, 0.1) is 11.6 Å². The molecule has 0 radical (unpaired) electrons. The minimum atomic E-state index is -0.897. The Balaban J connectivity index is 1.71. The molecule has 2 saturated heterocycles. The highest BCUT2D eigenvalue weighted by molar-refractivity contribution is 5.75. The molecule has 2 heterocycles. The second kappa shape index (κ2) is 5.36. The number of urea groups is 1. The third-order valence-electron chi connectivity index (χ3n) is 3.82. The predicted octanol–water partition coefficient (Wildman–Crippen LogP) is 2.21. The molecule has 2 aliphatic heterocycles. The second-order valence-corrected chi connectivity index (χ2v) is 5.15. The Morgan fingerprint density at radius 1 is 1.30 bits per heavy atom. The van der Waals surface area contributed by atoms with Crippen LogP contribution in [0.3, 0.4) is 0 Å². The van der Waals surface area contributed by atoms with E-state index in [2.05, 4.69) is 5.32 Å². The summed E-state index contributed by atoms with van der Waals surface area (Å²) in [5, 5.41) is 2.91. The summed E-state index contributed by atoms with van der Waals surface area (Å²) in [5.41, 5.74) is 0.551. The maximum absolute atomic E-state index is 13.3. The van der Waals surface area contributed by atoms with Gasteiger partial charge in [0.05, 0.1) is 6.04 Å². The molecule has 108 valence electrons. The van der Waals surface area contributed by atoms with E-state index in [9.17, 15) is 13.6 Å². The summed E-state index contributed by atoms with van der Waals surface area (Å²) in [6.07, 6.45) is 1.28. The Morgan fingerprint density at radius 3 is 2.75 bits per heavy atom. The van der Waals surface area contributed by atoms with Crippen molar-refractivity contribution in [3.8, 4) is 0 Å². The monoisotopic (exact) mass is 282 g/mol. The summed E-state index contributed by atoms with van der Waals surface area (Å²) in [6.45, 7) is 2.04. The minimum absolute atomic E-state index is 0.112. The molecule has 2 amide bonds. The van der Waals surface area contributed by atoms with E-state index in [-0.39, 0.29) is 12.1 Å². The fraction of sp³-hybridized carbons (Fsp3) is 0.500. The van der Waals surface area contributed by atoms with Crippen LogP contribution >= 0.6 is 0 Å². The SMILES string of the molecule is O=C(N[C@H]1CCO[C@@H]1c1ccc(F)c(F)c1)N1CCC1. The molecule has 6 heteroatoms. The molecule has 1 N–H and O–H groups in total. The van der Waals surface area contributed by atoms with Crippen LogP contribution in [-0.2, 0) is 4.74 Å². The van der Waals surface area contributed by atoms with Gasteiger partial charge in [0.25, 0.3) is 0 Å². The predicted molar refractivity (Wildman–Crippen MR) is 68.2 cm³/mol. The summed E-state index contributed by atoms with van der Waals surface area (Å²) >= 11 is 0. The van der Waals surface area contributed by atoms with Crippen LogP contribution in [-0.4, -0.2) is 36.7 Å². The molecule has 4 nitrogen and oxygen atoms in total. The summed E-state index contributed by atoms with van der Waals surface area (Å²) in [4.78, 5) is 13.6. The number of benzene rings is 1. The molecule has 1 aromatic rings. The van der Waals surface area contributed by atoms with Gasteiger partial charge in [-0.3, -0.25) is 0 Å². The highest BCUT2D eigenvalue weighted by Gasteiger charge is 2.33. The number of hydrogen-bond donors (Lipinski definition) is 1. The first-order chi connectivity index (χ1) is 9.65. The first-order valence-electron chi connectivity index (χ1n) is 6.77. The van der Waals surface area contributed by atoms with Gasteiger partial charge < -0.3 is 15.0 Å². The zero-order valence-corrected chi connectivity index (χ0v) is 10.9. The van der Waals surface area contributed by atoms with Crippen molar-refractivity contribution >= 4 is 6.03 Å². The van der Waals surface area contributed by atoms with Gasteiger partial charge in [-0.2, -0.15) is 0 Å². The van der Waals surface area contributed by atoms with Gasteiger partial charge >= 0.3 is 6.03 Å². The van der Waals surface area contributed by atoms with Gasteiger partial charge in [-0.15, -0.1) is 0 Å². The van der Waals surface area contributed by atoms with Crippen LogP contribution in [0.15, 0.2) is 18.2 Å². The number of rotatable bonds is 2. The number of halogens is 2. The Morgan fingerprint density at radius 2 is 2.10 bits per heavy atom. The van der Waals surface area contributed by atoms with Gasteiger partial charge in [0, 0.05) is 19.7 Å². The number of hydrogen-bond acceptors (Lipinski definition) is 2. The van der Waals surface area contributed by atoms with E-state index in [1.54, 1.807) is 4.90 Å². The Kier molecular flexibility index (Phi) is 3.56. The van der Waals surface area contributed by atoms with Crippen molar-refractivity contribution in [2.45, 2.75) is 25.0 Å². The van der Waals surface area contributed by atoms with Gasteiger partial charge in [-0.1, -0.05) is 6.07 Å². The van der Waals surface area contributed by atoms with Crippen LogP contribution in [0.5, 0.6) is 0 Å². The van der Waals surface area contributed by atoms with Crippen molar-refractivity contribution in [2.75, 3.05) is 19.7 Å². The number of nitrogens with one attached hydrogen (secondary N) is 1. The molecule has 0 unspecified atom stereocenters. The van der Waals surface area contributed by atoms with Gasteiger partial charge in [-0.05, 0) is 30.5 Å². The van der Waals surface area contributed by atoms with Crippen molar-refractivity contribution in [1.82, 2.24) is 10.2 Å². The lowest BCUT2D eigenvalue weighted by Crippen LogP contribution is -2.51. The Labute approximate surface area is 115 Å². The van der Waals surface area contributed by atoms with Gasteiger partial charge in [0.2, 0.25) is 0 Å². The van der Waals surface area contributed by atoms with E-state index in [4.69, 9.17) is 4.74 Å². The van der Waals surface area contributed by atoms with E-state index < -0.39 is 17.7 Å². The highest BCUT2D eigenvalue weighted by atomic mass is 19.2. The average Bonchev–Trinajstić information content (AvgIpc) is 2.78. The molecule has 2 fully saturated rings. The Bertz CT molecular complexity index is 520. The summed E-state index contributed by atoms with van der Waals surface area (Å²) in [7, 11) is 0. The van der Waals surface area contributed by atoms with Crippen molar-refractivity contribution in [2.24, 2.45) is 0 Å². The maximum Gasteiger partial charge on any atom is 0.317 e. The van der Waals surface area contributed by atoms with Crippen LogP contribution in [0.25, 0.3) is 0 Å². The molecule has 0 bridgehead atoms. The molecule has 0 aromatic heterocycles. The number of carbonyl (C=O) groups is 1. The Hall–Kier alpha value is -1.69. The molecule has 0 aliphatic carbocycles. The fourth-order valence-electron chi connectivity index (χ4n) is 2.52. The van der Waals surface area contributed by atoms with Crippen LogP contribution in [0.4, 0.5) is 13.6 Å². The molecule has 20 heavy (non-hydrogen) atoms. The third kappa shape index (κ3) is 2.47. The van der Waals surface area contributed by atoms with E-state index in [1.807, 2.05) is 0 Å². The molecule has 0 saturated carbocycles. The van der Waals surface area contributed by atoms with Crippen LogP contribution in [0.1, 0.15) is 24.5 Å². The summed E-state index contributed by atoms with van der Waals surface area (Å²) < 4.78 is 31.8. The van der Waals surface area contributed by atoms with Crippen molar-refractivity contribution < 1.29 is 18.3 Å². The van der Waals surface area contributed by atoms with Crippen molar-refractivity contribution in [3.05, 3.63) is 35.4 Å². The van der Waals surface area contributed by atoms with Crippen molar-refractivity contribution in [3.63, 3.8) is 0 Å². The number of carbonyl (C=O) groups excluding carboxylic acids is 1. The molecule has 3 rings (SSSR count). The lowest BCUT2D eigenvalue weighted by Gasteiger charge is -2.32. The van der Waals surface area contributed by atoms with E-state index >= 15 is 0 Å². The second-order valence-electron chi connectivity index (χ2n) is 5.15. The first kappa shape index (κ1) is 13.3. The van der Waals surface area contributed by atoms with E-state index in [0.717, 1.165) is 31.6 Å². The molecular weight excluding hydrogens is 266 g/mol. The minimum Gasteiger partial charge on any atom is -0.371 e. The number of nitrogens with zero attached hydrogens (tertiary/aromatic N) is 1. The highest BCUT2D eigenvalue weighted by Crippen LogP contribution is 2.30. The summed E-state index contributed by atoms with van der Waals surface area (Å²) in [6, 6.07) is 3.40. The van der Waals surface area contributed by atoms with Crippen LogP contribution < -0.4 is 5.32 Å². The average molecular weight is 282 g/mol. The number of likely N-dealkylation sites (tertiary alicyclic amines) is 1. The lowest BCUT2D eigenvalue weighted by atomic mass is 10.0. The van der Waals surface area contributed by atoms with Gasteiger partial charge in [0.1, 0.15) is 6.10 Å². The smallest absolute Gasteiger partial charge is 0.317 e. The van der Waals surface area contributed by atoms with E-state index in [0.29, 0.717) is 18.6 Å². The quantitative estimate of drug-likeness (QED) is 0.903. The number of ether oxygens (including phenoxy) is 1. The molecule has 0 spiro atoms. The summed E-state index contributed by atoms with van der Waals surface area (Å²) in [5.74, 6) is -1.78. The standard InChI is InChI=1S/C14H16F2N2O2/c15-10-3-2-9(8-11(10)16)13-12(4-7-20-13)17-14(19)18-5-1-6-18/h2-3,8,12-13H,1,4-7H2,(H,17,19)/t12-,13+/m0/s1. The number of amides is 2. The first-order valence-corrected chi connectivity index (χ1v) is 6.77. The zero-order valence-electron chi connectivity index (χ0n) is 10.9. The maximum atomic E-state index is 13.3. The fourth-order valence-corrected chi connectivity index (χ4v) is 2.52. The molecule has 2 aliphatic rings. The van der Waals surface area contributed by atoms with Crippen LogP contribution in [0.2, 0.25) is 0 Å². The molecule has 1 aromatic carbocycles. The topological polar surface area (TPSA) is 41.6 Å². The van der Waals surface area contributed by atoms with E-state index in [1.165, 1.54) is 6.07 Å². The normalized spacial score (nSPS) is 25.4. The zero-order chi connectivity index (χ0) is 14.1. The largest absolute Gasteiger partial charge is 0.371 e.